The first kappa shape index (κ1) is 20.7. The standard InChI is InChI=1S/C21H22ClN3O4/c22-15-8-6-13(7-9-15)17(25-21(23)28)12-18(26)29-19(14-4-2-1-3-5-14)20(27)24-16-10-11-16/h1-9,16-17,19H,10-12H2,(H,24,27)(H3,23,25,28)/t17-,19-/m0/s1. The maximum Gasteiger partial charge on any atom is 0.312 e. The van der Waals surface area contributed by atoms with Crippen LogP contribution in [-0.2, 0) is 14.3 Å². The molecular formula is C21H22ClN3O4. The predicted octanol–water partition coefficient (Wildman–Crippen LogP) is 3.00. The molecule has 1 aliphatic rings. The van der Waals surface area contributed by atoms with Crippen molar-refractivity contribution >= 4 is 29.5 Å². The van der Waals surface area contributed by atoms with Crippen LogP contribution in [0.4, 0.5) is 4.79 Å². The minimum Gasteiger partial charge on any atom is -0.447 e. The van der Waals surface area contributed by atoms with E-state index in [4.69, 9.17) is 22.1 Å². The number of carbonyl (C=O) groups is 3. The van der Waals surface area contributed by atoms with Gasteiger partial charge in [0.15, 0.2) is 0 Å². The smallest absolute Gasteiger partial charge is 0.312 e. The molecule has 0 aliphatic heterocycles. The summed E-state index contributed by atoms with van der Waals surface area (Å²) in [5.74, 6) is -1.00. The molecule has 8 heteroatoms. The van der Waals surface area contributed by atoms with E-state index in [0.29, 0.717) is 16.1 Å². The van der Waals surface area contributed by atoms with Gasteiger partial charge in [0.25, 0.3) is 5.91 Å². The van der Waals surface area contributed by atoms with Crippen LogP contribution in [-0.4, -0.2) is 23.9 Å². The molecule has 7 nitrogen and oxygen atoms in total. The van der Waals surface area contributed by atoms with Crippen molar-refractivity contribution in [3.63, 3.8) is 0 Å². The Kier molecular flexibility index (Phi) is 6.72. The summed E-state index contributed by atoms with van der Waals surface area (Å²) in [5.41, 5.74) is 6.46. The molecule has 0 radical (unpaired) electrons. The lowest BCUT2D eigenvalue weighted by atomic mass is 10.0. The van der Waals surface area contributed by atoms with E-state index >= 15 is 0 Å². The third-order valence-electron chi connectivity index (χ3n) is 4.47. The Bertz CT molecular complexity index is 869. The monoisotopic (exact) mass is 415 g/mol. The molecule has 0 saturated heterocycles. The number of hydrogen-bond acceptors (Lipinski definition) is 4. The third-order valence-corrected chi connectivity index (χ3v) is 4.73. The van der Waals surface area contributed by atoms with Gasteiger partial charge in [-0.15, -0.1) is 0 Å². The van der Waals surface area contributed by atoms with Gasteiger partial charge in [-0.3, -0.25) is 9.59 Å². The molecule has 1 fully saturated rings. The van der Waals surface area contributed by atoms with Gasteiger partial charge in [-0.25, -0.2) is 4.79 Å². The van der Waals surface area contributed by atoms with Gasteiger partial charge < -0.3 is 21.1 Å². The fourth-order valence-corrected chi connectivity index (χ4v) is 3.00. The van der Waals surface area contributed by atoms with Crippen LogP contribution in [0, 0.1) is 0 Å². The van der Waals surface area contributed by atoms with Gasteiger partial charge in [0, 0.05) is 16.6 Å². The van der Waals surface area contributed by atoms with Gasteiger partial charge in [-0.1, -0.05) is 54.1 Å². The lowest BCUT2D eigenvalue weighted by Crippen LogP contribution is -2.36. The van der Waals surface area contributed by atoms with E-state index < -0.39 is 24.1 Å². The van der Waals surface area contributed by atoms with E-state index in [1.165, 1.54) is 0 Å². The van der Waals surface area contributed by atoms with E-state index in [1.807, 2.05) is 6.07 Å². The highest BCUT2D eigenvalue weighted by Gasteiger charge is 2.31. The average Bonchev–Trinajstić information content (AvgIpc) is 3.50. The maximum atomic E-state index is 12.6. The highest BCUT2D eigenvalue weighted by Crippen LogP contribution is 2.25. The minimum atomic E-state index is -1.07. The van der Waals surface area contributed by atoms with Crippen LogP contribution in [0.3, 0.4) is 0 Å². The molecule has 1 saturated carbocycles. The number of esters is 1. The number of urea groups is 1. The van der Waals surface area contributed by atoms with Gasteiger partial charge >= 0.3 is 12.0 Å². The van der Waals surface area contributed by atoms with Crippen LogP contribution in [0.2, 0.25) is 5.02 Å². The van der Waals surface area contributed by atoms with Crippen LogP contribution >= 0.6 is 11.6 Å². The van der Waals surface area contributed by atoms with E-state index in [0.717, 1.165) is 12.8 Å². The predicted molar refractivity (Wildman–Crippen MR) is 108 cm³/mol. The number of hydrogen-bond donors (Lipinski definition) is 3. The molecule has 2 aromatic rings. The Labute approximate surface area is 173 Å². The second-order valence-corrected chi connectivity index (χ2v) is 7.32. The summed E-state index contributed by atoms with van der Waals surface area (Å²) in [5, 5.41) is 5.91. The summed E-state index contributed by atoms with van der Waals surface area (Å²) in [4.78, 5) is 36.6. The van der Waals surface area contributed by atoms with Crippen molar-refractivity contribution in [1.29, 1.82) is 0 Å². The fraction of sp³-hybridized carbons (Fsp3) is 0.286. The first-order chi connectivity index (χ1) is 13.9. The summed E-state index contributed by atoms with van der Waals surface area (Å²) < 4.78 is 5.52. The van der Waals surface area contributed by atoms with E-state index in [9.17, 15) is 14.4 Å². The topological polar surface area (TPSA) is 111 Å². The number of primary amides is 1. The van der Waals surface area contributed by atoms with Crippen molar-refractivity contribution in [3.8, 4) is 0 Å². The molecule has 0 bridgehead atoms. The molecule has 3 rings (SSSR count). The summed E-state index contributed by atoms with van der Waals surface area (Å²) in [6.07, 6.45) is 0.582. The molecular weight excluding hydrogens is 394 g/mol. The molecule has 152 valence electrons. The quantitative estimate of drug-likeness (QED) is 0.575. The zero-order valence-electron chi connectivity index (χ0n) is 15.6. The van der Waals surface area contributed by atoms with E-state index in [2.05, 4.69) is 10.6 Å². The van der Waals surface area contributed by atoms with Crippen molar-refractivity contribution < 1.29 is 19.1 Å². The lowest BCUT2D eigenvalue weighted by molar-refractivity contribution is -0.157. The molecule has 1 aliphatic carbocycles. The second-order valence-electron chi connectivity index (χ2n) is 6.88. The van der Waals surface area contributed by atoms with Crippen LogP contribution in [0.25, 0.3) is 0 Å². The number of benzene rings is 2. The summed E-state index contributed by atoms with van der Waals surface area (Å²) >= 11 is 5.90. The van der Waals surface area contributed by atoms with Crippen molar-refractivity contribution in [1.82, 2.24) is 10.6 Å². The highest BCUT2D eigenvalue weighted by atomic mass is 35.5. The summed E-state index contributed by atoms with van der Waals surface area (Å²) in [7, 11) is 0. The Morgan fingerprint density at radius 3 is 2.28 bits per heavy atom. The van der Waals surface area contributed by atoms with Crippen molar-refractivity contribution in [2.75, 3.05) is 0 Å². The summed E-state index contributed by atoms with van der Waals surface area (Å²) in [6.45, 7) is 0. The zero-order valence-corrected chi connectivity index (χ0v) is 16.4. The molecule has 0 spiro atoms. The van der Waals surface area contributed by atoms with E-state index in [1.54, 1.807) is 48.5 Å². The van der Waals surface area contributed by atoms with Crippen LogP contribution < -0.4 is 16.4 Å². The molecule has 0 heterocycles. The molecule has 2 aromatic carbocycles. The van der Waals surface area contributed by atoms with Gasteiger partial charge in [0.05, 0.1) is 12.5 Å². The molecule has 0 aromatic heterocycles. The number of nitrogens with one attached hydrogen (secondary N) is 2. The van der Waals surface area contributed by atoms with Crippen molar-refractivity contribution in [2.24, 2.45) is 5.73 Å². The van der Waals surface area contributed by atoms with Crippen molar-refractivity contribution in [3.05, 3.63) is 70.7 Å². The number of nitrogens with two attached hydrogens (primary N) is 1. The van der Waals surface area contributed by atoms with Gasteiger partial charge in [-0.2, -0.15) is 0 Å². The normalized spacial score (nSPS) is 15.1. The SMILES string of the molecule is NC(=O)N[C@@H](CC(=O)O[C@H](C(=O)NC1CC1)c1ccccc1)c1ccc(Cl)cc1. The first-order valence-electron chi connectivity index (χ1n) is 9.28. The van der Waals surface area contributed by atoms with Gasteiger partial charge in [-0.05, 0) is 30.5 Å². The summed E-state index contributed by atoms with van der Waals surface area (Å²) in [6, 6.07) is 14.1. The average molecular weight is 416 g/mol. The third kappa shape index (κ3) is 6.22. The van der Waals surface area contributed by atoms with Gasteiger partial charge in [0.1, 0.15) is 0 Å². The molecule has 3 amide bonds. The van der Waals surface area contributed by atoms with Gasteiger partial charge in [0.2, 0.25) is 6.10 Å². The number of amides is 3. The van der Waals surface area contributed by atoms with Crippen LogP contribution in [0.1, 0.15) is 42.5 Å². The Morgan fingerprint density at radius 1 is 1.03 bits per heavy atom. The van der Waals surface area contributed by atoms with Crippen LogP contribution in [0.15, 0.2) is 54.6 Å². The largest absolute Gasteiger partial charge is 0.447 e. The van der Waals surface area contributed by atoms with Crippen molar-refractivity contribution in [2.45, 2.75) is 37.5 Å². The second kappa shape index (κ2) is 9.43. The Hall–Kier alpha value is -3.06. The first-order valence-corrected chi connectivity index (χ1v) is 9.66. The molecule has 29 heavy (non-hydrogen) atoms. The molecule has 0 unspecified atom stereocenters. The maximum absolute atomic E-state index is 12.6. The Morgan fingerprint density at radius 2 is 1.69 bits per heavy atom. The fourth-order valence-electron chi connectivity index (χ4n) is 2.87. The van der Waals surface area contributed by atoms with Crippen LogP contribution in [0.5, 0.6) is 0 Å². The number of halogens is 1. The Balaban J connectivity index is 1.73. The molecule has 2 atom stereocenters. The number of rotatable bonds is 8. The number of carbonyl (C=O) groups excluding carboxylic acids is 3. The molecule has 4 N–H and O–H groups in total. The van der Waals surface area contributed by atoms with E-state index in [-0.39, 0.29) is 18.4 Å². The lowest BCUT2D eigenvalue weighted by Gasteiger charge is -2.21. The zero-order chi connectivity index (χ0) is 20.8. The minimum absolute atomic E-state index is 0.130. The number of ether oxygens (including phenoxy) is 1. The highest BCUT2D eigenvalue weighted by molar-refractivity contribution is 6.30.